The molecule has 0 unspecified atom stereocenters. The highest BCUT2D eigenvalue weighted by atomic mass is 15.0. The second-order valence-corrected chi connectivity index (χ2v) is 9.43. The number of hydrogen-bond acceptors (Lipinski definition) is 4. The van der Waals surface area contributed by atoms with Gasteiger partial charge in [0.05, 0.1) is 0 Å². The van der Waals surface area contributed by atoms with Crippen LogP contribution in [0, 0.1) is 0 Å². The van der Waals surface area contributed by atoms with Crippen LogP contribution in [-0.4, -0.2) is 15.0 Å². The zero-order chi connectivity index (χ0) is 27.3. The van der Waals surface area contributed by atoms with Crippen LogP contribution in [0.25, 0.3) is 61.6 Å². The van der Waals surface area contributed by atoms with Crippen LogP contribution in [0.1, 0.15) is 12.5 Å². The first-order valence-corrected chi connectivity index (χ1v) is 13.3. The highest BCUT2D eigenvalue weighted by Crippen LogP contribution is 2.35. The summed E-state index contributed by atoms with van der Waals surface area (Å²) in [6.45, 7) is 2.03. The normalized spacial score (nSPS) is 11.8. The van der Waals surface area contributed by atoms with Crippen LogP contribution in [0.15, 0.2) is 140 Å². The number of nitrogens with two attached hydrogens (primary N) is 1. The van der Waals surface area contributed by atoms with Crippen molar-refractivity contribution in [2.45, 2.75) is 6.92 Å². The molecule has 0 radical (unpaired) electrons. The summed E-state index contributed by atoms with van der Waals surface area (Å²) >= 11 is 0. The Morgan fingerprint density at radius 2 is 1.00 bits per heavy atom. The molecular formula is C36H28N4. The maximum Gasteiger partial charge on any atom is 0.164 e. The molecule has 0 amide bonds. The lowest BCUT2D eigenvalue weighted by molar-refractivity contribution is 1.07. The molecule has 4 heteroatoms. The second-order valence-electron chi connectivity index (χ2n) is 9.43. The van der Waals surface area contributed by atoms with Crippen LogP contribution < -0.4 is 5.73 Å². The third-order valence-corrected chi connectivity index (χ3v) is 6.98. The van der Waals surface area contributed by atoms with Gasteiger partial charge in [-0.25, -0.2) is 15.0 Å². The molecule has 2 N–H and O–H groups in total. The first-order valence-electron chi connectivity index (χ1n) is 13.3. The summed E-state index contributed by atoms with van der Waals surface area (Å²) in [5.41, 5.74) is 13.1. The lowest BCUT2D eigenvalue weighted by Crippen LogP contribution is -2.00. The highest BCUT2D eigenvalue weighted by molar-refractivity contribution is 6.03. The molecule has 5 aromatic carbocycles. The van der Waals surface area contributed by atoms with Gasteiger partial charge in [-0.05, 0) is 52.2 Å². The fourth-order valence-electron chi connectivity index (χ4n) is 4.98. The molecule has 1 aromatic heterocycles. The average molecular weight is 517 g/mol. The van der Waals surface area contributed by atoms with Crippen molar-refractivity contribution in [3.8, 4) is 45.3 Å². The third kappa shape index (κ3) is 4.91. The first-order chi connectivity index (χ1) is 19.7. The van der Waals surface area contributed by atoms with Gasteiger partial charge in [0.2, 0.25) is 0 Å². The largest absolute Gasteiger partial charge is 0.405 e. The second kappa shape index (κ2) is 11.2. The van der Waals surface area contributed by atoms with E-state index < -0.39 is 0 Å². The Morgan fingerprint density at radius 3 is 1.52 bits per heavy atom. The summed E-state index contributed by atoms with van der Waals surface area (Å²) < 4.78 is 0. The molecule has 40 heavy (non-hydrogen) atoms. The molecule has 0 atom stereocenters. The van der Waals surface area contributed by atoms with Crippen LogP contribution in [-0.2, 0) is 0 Å². The smallest absolute Gasteiger partial charge is 0.164 e. The van der Waals surface area contributed by atoms with E-state index >= 15 is 0 Å². The summed E-state index contributed by atoms with van der Waals surface area (Å²) in [5, 5.41) is 2.38. The van der Waals surface area contributed by atoms with Gasteiger partial charge in [-0.2, -0.15) is 0 Å². The Bertz CT molecular complexity index is 1780. The van der Waals surface area contributed by atoms with Crippen molar-refractivity contribution < 1.29 is 0 Å². The molecule has 0 fully saturated rings. The van der Waals surface area contributed by atoms with E-state index in [2.05, 4.69) is 66.7 Å². The van der Waals surface area contributed by atoms with Gasteiger partial charge in [0.15, 0.2) is 17.5 Å². The number of nitrogens with zero attached hydrogens (tertiary/aromatic N) is 3. The molecule has 1 heterocycles. The van der Waals surface area contributed by atoms with Crippen molar-refractivity contribution >= 4 is 16.3 Å². The average Bonchev–Trinajstić information content (AvgIpc) is 3.04. The van der Waals surface area contributed by atoms with E-state index in [0.717, 1.165) is 33.4 Å². The molecule has 0 bridgehead atoms. The van der Waals surface area contributed by atoms with Crippen LogP contribution in [0.3, 0.4) is 0 Å². The molecule has 6 aromatic rings. The number of aromatic nitrogens is 3. The molecule has 0 saturated carbocycles. The van der Waals surface area contributed by atoms with Gasteiger partial charge >= 0.3 is 0 Å². The Hall–Kier alpha value is -5.35. The highest BCUT2D eigenvalue weighted by Gasteiger charge is 2.13. The summed E-state index contributed by atoms with van der Waals surface area (Å²) in [4.78, 5) is 14.5. The Balaban J connectivity index is 1.43. The van der Waals surface area contributed by atoms with Crippen LogP contribution in [0.4, 0.5) is 0 Å². The summed E-state index contributed by atoms with van der Waals surface area (Å²) in [6.07, 6.45) is 5.62. The number of fused-ring (bicyclic) bond motifs is 1. The molecule has 6 rings (SSSR count). The Labute approximate surface area is 234 Å². The van der Waals surface area contributed by atoms with E-state index in [1.807, 2.05) is 73.7 Å². The number of rotatable bonds is 6. The van der Waals surface area contributed by atoms with Crippen molar-refractivity contribution in [1.82, 2.24) is 15.0 Å². The topological polar surface area (TPSA) is 64.7 Å². The number of allylic oxidation sites excluding steroid dienone is 3. The minimum atomic E-state index is 0.644. The maximum absolute atomic E-state index is 5.72. The summed E-state index contributed by atoms with van der Waals surface area (Å²) in [7, 11) is 0. The predicted octanol–water partition coefficient (Wildman–Crippen LogP) is 8.57. The number of benzene rings is 5. The maximum atomic E-state index is 5.72. The molecule has 192 valence electrons. The third-order valence-electron chi connectivity index (χ3n) is 6.98. The minimum absolute atomic E-state index is 0.644. The van der Waals surface area contributed by atoms with Crippen LogP contribution in [0.2, 0.25) is 0 Å². The van der Waals surface area contributed by atoms with E-state index in [0.29, 0.717) is 17.5 Å². The fourth-order valence-corrected chi connectivity index (χ4v) is 4.98. The monoisotopic (exact) mass is 516 g/mol. The zero-order valence-corrected chi connectivity index (χ0v) is 22.2. The van der Waals surface area contributed by atoms with Gasteiger partial charge in [-0.15, -0.1) is 0 Å². The van der Waals surface area contributed by atoms with E-state index in [1.54, 1.807) is 6.20 Å². The molecule has 0 aliphatic heterocycles. The van der Waals surface area contributed by atoms with Gasteiger partial charge in [0.1, 0.15) is 0 Å². The molecule has 0 spiro atoms. The van der Waals surface area contributed by atoms with E-state index in [4.69, 9.17) is 20.7 Å². The minimum Gasteiger partial charge on any atom is -0.405 e. The van der Waals surface area contributed by atoms with E-state index in [9.17, 15) is 0 Å². The van der Waals surface area contributed by atoms with Crippen molar-refractivity contribution in [3.05, 3.63) is 145 Å². The van der Waals surface area contributed by atoms with Gasteiger partial charge in [-0.3, -0.25) is 0 Å². The lowest BCUT2D eigenvalue weighted by atomic mass is 9.91. The first kappa shape index (κ1) is 25.0. The molecule has 0 aliphatic rings. The lowest BCUT2D eigenvalue weighted by Gasteiger charge is -2.13. The SMILES string of the molecule is C/C=C(\C=C/N)c1ccc(-c2ccc(-c3nc(-c4ccccc4)nc(-c4ccccc4)n3)cc2)c2ccccc12. The standard InChI is InChI=1S/C36H28N4/c1-2-25(23-24-37)30-21-22-31(33-16-10-9-15-32(30)33)26-17-19-29(20-18-26)36-39-34(27-11-5-3-6-12-27)38-35(40-36)28-13-7-4-8-14-28/h2-24H,37H2,1H3/b24-23-,25-2+. The zero-order valence-electron chi connectivity index (χ0n) is 22.2. The van der Waals surface area contributed by atoms with E-state index in [1.165, 1.54) is 16.3 Å². The van der Waals surface area contributed by atoms with Crippen molar-refractivity contribution in [2.24, 2.45) is 5.73 Å². The van der Waals surface area contributed by atoms with E-state index in [-0.39, 0.29) is 0 Å². The van der Waals surface area contributed by atoms with Crippen molar-refractivity contribution in [2.75, 3.05) is 0 Å². The van der Waals surface area contributed by atoms with Gasteiger partial charge in [0.25, 0.3) is 0 Å². The Morgan fingerprint density at radius 1 is 0.525 bits per heavy atom. The van der Waals surface area contributed by atoms with Crippen LogP contribution in [0.5, 0.6) is 0 Å². The molecule has 0 saturated heterocycles. The van der Waals surface area contributed by atoms with Crippen LogP contribution >= 0.6 is 0 Å². The summed E-state index contributed by atoms with van der Waals surface area (Å²) in [5.74, 6) is 1.95. The quantitative estimate of drug-likeness (QED) is 0.225. The molecule has 0 aliphatic carbocycles. The Kier molecular flexibility index (Phi) is 6.97. The summed E-state index contributed by atoms with van der Waals surface area (Å²) in [6, 6.07) is 41.4. The predicted molar refractivity (Wildman–Crippen MR) is 166 cm³/mol. The number of hydrogen-bond donors (Lipinski definition) is 1. The van der Waals surface area contributed by atoms with Gasteiger partial charge < -0.3 is 5.73 Å². The van der Waals surface area contributed by atoms with Crippen molar-refractivity contribution in [3.63, 3.8) is 0 Å². The van der Waals surface area contributed by atoms with Gasteiger partial charge in [0, 0.05) is 16.7 Å². The molecular weight excluding hydrogens is 488 g/mol. The molecule has 4 nitrogen and oxygen atoms in total. The van der Waals surface area contributed by atoms with Crippen molar-refractivity contribution in [1.29, 1.82) is 0 Å². The fraction of sp³-hybridized carbons (Fsp3) is 0.0278. The van der Waals surface area contributed by atoms with Gasteiger partial charge in [-0.1, -0.05) is 127 Å².